The molecule has 0 radical (unpaired) electrons. The Morgan fingerprint density at radius 2 is 1.42 bits per heavy atom. The molecule has 0 saturated carbocycles. The summed E-state index contributed by atoms with van der Waals surface area (Å²) in [5, 5.41) is 6.17. The molecule has 0 bridgehead atoms. The highest BCUT2D eigenvalue weighted by molar-refractivity contribution is 14.1. The van der Waals surface area contributed by atoms with Crippen molar-refractivity contribution in [1.29, 1.82) is 0 Å². The predicted octanol–water partition coefficient (Wildman–Crippen LogP) is 6.99. The first-order valence-electron chi connectivity index (χ1n) is 6.57. The van der Waals surface area contributed by atoms with Crippen molar-refractivity contribution < 1.29 is 0 Å². The molecule has 3 aromatic rings. The first kappa shape index (κ1) is 14.2. The van der Waals surface area contributed by atoms with E-state index in [0.29, 0.717) is 0 Å². The van der Waals surface area contributed by atoms with Crippen LogP contribution in [0, 0.1) is 7.14 Å². The van der Waals surface area contributed by atoms with Crippen molar-refractivity contribution in [3.8, 4) is 0 Å². The van der Waals surface area contributed by atoms with Gasteiger partial charge in [0.25, 0.3) is 0 Å². The Hall–Kier alpha value is 0.200. The Kier molecular flexibility index (Phi) is 4.40. The summed E-state index contributed by atoms with van der Waals surface area (Å²) in [5.41, 5.74) is 0. The summed E-state index contributed by atoms with van der Waals surface area (Å²) in [6.07, 6.45) is 3.96. The zero-order chi connectivity index (χ0) is 13.4. The highest BCUT2D eigenvalue weighted by Gasteiger charge is 2.11. The summed E-state index contributed by atoms with van der Waals surface area (Å²) < 4.78 is 2.73. The fourth-order valence-corrected chi connectivity index (χ4v) is 7.01. The molecule has 3 rings (SSSR count). The van der Waals surface area contributed by atoms with Crippen molar-refractivity contribution >= 4 is 73.7 Å². The van der Waals surface area contributed by atoms with Gasteiger partial charge in [-0.15, -0.1) is 7.53 Å². The molecule has 1 heterocycles. The number of benzene rings is 2. The van der Waals surface area contributed by atoms with Gasteiger partial charge in [0.2, 0.25) is 0 Å². The molecule has 0 fully saturated rings. The van der Waals surface area contributed by atoms with E-state index in [2.05, 4.69) is 88.5 Å². The van der Waals surface area contributed by atoms with Gasteiger partial charge in [0.1, 0.15) is 0 Å². The van der Waals surface area contributed by atoms with Crippen LogP contribution in [-0.4, -0.2) is 0 Å². The molecule has 0 aliphatic carbocycles. The molecule has 0 N–H and O–H groups in total. The van der Waals surface area contributed by atoms with E-state index in [-0.39, 0.29) is 7.53 Å². The van der Waals surface area contributed by atoms with Crippen molar-refractivity contribution in [1.82, 2.24) is 0 Å². The maximum atomic E-state index is 2.44. The molecule has 0 saturated heterocycles. The van der Waals surface area contributed by atoms with Gasteiger partial charge in [0.15, 0.2) is 0 Å². The number of rotatable bonds is 3. The first-order chi connectivity index (χ1) is 9.20. The van der Waals surface area contributed by atoms with Gasteiger partial charge >= 0.3 is 0 Å². The third kappa shape index (κ3) is 2.68. The number of hydrogen-bond acceptors (Lipinski definition) is 0. The minimum Gasteiger partial charge on any atom is -0.109 e. The third-order valence-corrected chi connectivity index (χ3v) is 7.54. The molecule has 3 heteroatoms. The summed E-state index contributed by atoms with van der Waals surface area (Å²) in [4.78, 5) is 0. The second-order valence-corrected chi connectivity index (χ2v) is 9.59. The summed E-state index contributed by atoms with van der Waals surface area (Å²) in [6, 6.07) is 13.9. The quantitative estimate of drug-likeness (QED) is 0.346. The molecule has 0 amide bonds. The summed E-state index contributed by atoms with van der Waals surface area (Å²) in [6.45, 7) is 2.29. The van der Waals surface area contributed by atoms with Gasteiger partial charge in [-0.1, -0.05) is 25.5 Å². The maximum Gasteiger partial charge on any atom is 0.0140 e. The maximum absolute atomic E-state index is 2.44. The van der Waals surface area contributed by atoms with Crippen LogP contribution >= 0.6 is 52.7 Å². The van der Waals surface area contributed by atoms with Crippen LogP contribution in [0.1, 0.15) is 19.8 Å². The monoisotopic (exact) mass is 492 g/mol. The van der Waals surface area contributed by atoms with Crippen LogP contribution in [0.5, 0.6) is 0 Å². The minimum absolute atomic E-state index is 0.125. The second kappa shape index (κ2) is 5.90. The van der Waals surface area contributed by atoms with E-state index >= 15 is 0 Å². The van der Waals surface area contributed by atoms with Crippen molar-refractivity contribution in [3.63, 3.8) is 0 Å². The molecule has 2 aromatic carbocycles. The van der Waals surface area contributed by atoms with Crippen LogP contribution < -0.4 is 0 Å². The SMILES string of the molecule is CCCCp1c2cc(I)ccc2c2ccc(I)cc21. The molecule has 0 nitrogen and oxygen atoms in total. The van der Waals surface area contributed by atoms with Crippen LogP contribution in [0.15, 0.2) is 36.4 Å². The lowest BCUT2D eigenvalue weighted by molar-refractivity contribution is 0.856. The van der Waals surface area contributed by atoms with Gasteiger partial charge in [-0.05, 0) is 92.8 Å². The van der Waals surface area contributed by atoms with Crippen LogP contribution in [0.3, 0.4) is 0 Å². The van der Waals surface area contributed by atoms with Gasteiger partial charge in [-0.3, -0.25) is 0 Å². The minimum atomic E-state index is -0.125. The number of unbranched alkanes of at least 4 members (excludes halogenated alkanes) is 1. The van der Waals surface area contributed by atoms with Crippen molar-refractivity contribution in [2.45, 2.75) is 25.9 Å². The van der Waals surface area contributed by atoms with Gasteiger partial charge in [-0.25, -0.2) is 0 Å². The predicted molar refractivity (Wildman–Crippen MR) is 105 cm³/mol. The van der Waals surface area contributed by atoms with Crippen molar-refractivity contribution in [2.24, 2.45) is 0 Å². The molecular formula is C16H15I2P. The molecule has 19 heavy (non-hydrogen) atoms. The molecule has 1 aromatic heterocycles. The lowest BCUT2D eigenvalue weighted by Gasteiger charge is -2.02. The lowest BCUT2D eigenvalue weighted by atomic mass is 10.2. The molecule has 0 spiro atoms. The van der Waals surface area contributed by atoms with E-state index in [1.165, 1.54) is 36.9 Å². The number of aryl methyl sites for hydroxylation is 1. The zero-order valence-electron chi connectivity index (χ0n) is 10.8. The highest BCUT2D eigenvalue weighted by Crippen LogP contribution is 2.51. The molecule has 0 aliphatic rings. The zero-order valence-corrected chi connectivity index (χ0v) is 16.0. The van der Waals surface area contributed by atoms with E-state index in [1.807, 2.05) is 0 Å². The standard InChI is InChI=1S/C16H15I2P/c1-2-3-8-19-15-9-11(17)4-6-13(15)14-7-5-12(18)10-16(14)19/h4-7,9-10H,2-3,8H2,1H3. The van der Waals surface area contributed by atoms with Crippen LogP contribution in [0.4, 0.5) is 0 Å². The van der Waals surface area contributed by atoms with Crippen molar-refractivity contribution in [2.75, 3.05) is 0 Å². The van der Waals surface area contributed by atoms with Gasteiger partial charge < -0.3 is 0 Å². The fraction of sp³-hybridized carbons (Fsp3) is 0.250. The number of hydrogen-bond donors (Lipinski definition) is 0. The fourth-order valence-electron chi connectivity index (χ4n) is 2.60. The average molecular weight is 492 g/mol. The molecule has 0 aliphatic heterocycles. The van der Waals surface area contributed by atoms with Gasteiger partial charge in [-0.2, -0.15) is 0 Å². The van der Waals surface area contributed by atoms with E-state index in [9.17, 15) is 0 Å². The Balaban J connectivity index is 2.36. The Morgan fingerprint density at radius 3 is 1.89 bits per heavy atom. The van der Waals surface area contributed by atoms with E-state index in [0.717, 1.165) is 0 Å². The topological polar surface area (TPSA) is 0 Å². The largest absolute Gasteiger partial charge is 0.109 e. The third-order valence-electron chi connectivity index (χ3n) is 3.53. The molecule has 0 unspecified atom stereocenters. The number of fused-ring (bicyclic) bond motifs is 3. The summed E-state index contributed by atoms with van der Waals surface area (Å²) in [5.74, 6) is 0. The van der Waals surface area contributed by atoms with Gasteiger partial charge in [0, 0.05) is 17.4 Å². The summed E-state index contributed by atoms with van der Waals surface area (Å²) in [7, 11) is -0.125. The van der Waals surface area contributed by atoms with Crippen LogP contribution in [0.2, 0.25) is 0 Å². The normalized spacial score (nSPS) is 11.5. The molecular weight excluding hydrogens is 477 g/mol. The highest BCUT2D eigenvalue weighted by atomic mass is 127. The average Bonchev–Trinajstić information content (AvgIpc) is 2.68. The second-order valence-electron chi connectivity index (χ2n) is 4.83. The van der Waals surface area contributed by atoms with E-state index in [1.54, 1.807) is 10.2 Å². The molecule has 0 atom stereocenters. The van der Waals surface area contributed by atoms with Crippen LogP contribution in [0.25, 0.3) is 21.0 Å². The summed E-state index contributed by atoms with van der Waals surface area (Å²) >= 11 is 4.87. The lowest BCUT2D eigenvalue weighted by Crippen LogP contribution is -1.72. The van der Waals surface area contributed by atoms with E-state index < -0.39 is 0 Å². The van der Waals surface area contributed by atoms with Crippen molar-refractivity contribution in [3.05, 3.63) is 43.5 Å². The smallest absolute Gasteiger partial charge is 0.0140 e. The van der Waals surface area contributed by atoms with E-state index in [4.69, 9.17) is 0 Å². The Labute approximate surface area is 142 Å². The molecule has 98 valence electrons. The Morgan fingerprint density at radius 1 is 0.895 bits per heavy atom. The number of halogens is 2. The first-order valence-corrected chi connectivity index (χ1v) is 10.3. The van der Waals surface area contributed by atoms with Crippen LogP contribution in [-0.2, 0) is 6.16 Å². The Bertz CT molecular complexity index is 684. The van der Waals surface area contributed by atoms with Gasteiger partial charge in [0.05, 0.1) is 0 Å².